The summed E-state index contributed by atoms with van der Waals surface area (Å²) >= 11 is 1.29. The van der Waals surface area contributed by atoms with Crippen LogP contribution in [0.25, 0.3) is 0 Å². The van der Waals surface area contributed by atoms with Gasteiger partial charge in [-0.1, -0.05) is 23.5 Å². The van der Waals surface area contributed by atoms with E-state index in [-0.39, 0.29) is 5.97 Å². The summed E-state index contributed by atoms with van der Waals surface area (Å²) in [5.41, 5.74) is 1.21. The van der Waals surface area contributed by atoms with Crippen LogP contribution in [0.2, 0.25) is 0 Å². The van der Waals surface area contributed by atoms with Crippen LogP contribution < -0.4 is 10.1 Å². The Bertz CT molecular complexity index is 566. The molecule has 1 aromatic heterocycles. The molecule has 0 atom stereocenters. The number of carbonyl (C=O) groups excluding carboxylic acids is 1. The summed E-state index contributed by atoms with van der Waals surface area (Å²) in [6.07, 6.45) is 2.39. The van der Waals surface area contributed by atoms with Crippen molar-refractivity contribution >= 4 is 22.4 Å². The fraction of sp³-hybridized carbons (Fsp3) is 0.286. The third kappa shape index (κ3) is 3.71. The fourth-order valence-corrected chi connectivity index (χ4v) is 2.42. The highest BCUT2D eigenvalue weighted by molar-refractivity contribution is 7.17. The summed E-state index contributed by atoms with van der Waals surface area (Å²) in [4.78, 5) is 15.9. The summed E-state index contributed by atoms with van der Waals surface area (Å²) in [6.45, 7) is 0.750. The Morgan fingerprint density at radius 2 is 2.05 bits per heavy atom. The number of ether oxygens (including phenoxy) is 2. The van der Waals surface area contributed by atoms with E-state index in [4.69, 9.17) is 4.74 Å². The molecule has 0 bridgehead atoms. The van der Waals surface area contributed by atoms with Crippen LogP contribution in [-0.4, -0.2) is 31.7 Å². The lowest BCUT2D eigenvalue weighted by molar-refractivity contribution is 0.0606. The highest BCUT2D eigenvalue weighted by atomic mass is 32.1. The third-order valence-corrected chi connectivity index (χ3v) is 3.68. The third-order valence-electron chi connectivity index (χ3n) is 2.74. The molecule has 5 nitrogen and oxygen atoms in total. The van der Waals surface area contributed by atoms with Gasteiger partial charge >= 0.3 is 5.97 Å². The molecule has 106 valence electrons. The number of aromatic nitrogens is 1. The first kappa shape index (κ1) is 14.3. The lowest BCUT2D eigenvalue weighted by Gasteiger charge is -2.04. The molecule has 0 amide bonds. The summed E-state index contributed by atoms with van der Waals surface area (Å²) in [5, 5.41) is 3.91. The van der Waals surface area contributed by atoms with E-state index >= 15 is 0 Å². The number of thiazole rings is 1. The Morgan fingerprint density at radius 3 is 2.70 bits per heavy atom. The predicted octanol–water partition coefficient (Wildman–Crippen LogP) is 2.59. The van der Waals surface area contributed by atoms with E-state index in [0.717, 1.165) is 23.8 Å². The summed E-state index contributed by atoms with van der Waals surface area (Å²) < 4.78 is 9.75. The van der Waals surface area contributed by atoms with E-state index in [9.17, 15) is 4.79 Å². The van der Waals surface area contributed by atoms with Crippen molar-refractivity contribution in [3.63, 3.8) is 0 Å². The van der Waals surface area contributed by atoms with Gasteiger partial charge in [-0.15, -0.1) is 0 Å². The average molecular weight is 292 g/mol. The van der Waals surface area contributed by atoms with E-state index in [1.807, 2.05) is 24.3 Å². The maximum absolute atomic E-state index is 11.3. The monoisotopic (exact) mass is 292 g/mol. The maximum atomic E-state index is 11.3. The van der Waals surface area contributed by atoms with Crippen LogP contribution in [0.5, 0.6) is 5.75 Å². The molecule has 20 heavy (non-hydrogen) atoms. The molecule has 1 N–H and O–H groups in total. The van der Waals surface area contributed by atoms with Crippen LogP contribution in [0, 0.1) is 0 Å². The molecule has 0 aliphatic carbocycles. The van der Waals surface area contributed by atoms with Crippen molar-refractivity contribution in [2.45, 2.75) is 6.42 Å². The summed E-state index contributed by atoms with van der Waals surface area (Å²) in [6, 6.07) is 7.94. The van der Waals surface area contributed by atoms with Crippen molar-refractivity contribution in [1.29, 1.82) is 0 Å². The number of carbonyl (C=O) groups is 1. The Hall–Kier alpha value is -2.08. The topological polar surface area (TPSA) is 60.5 Å². The maximum Gasteiger partial charge on any atom is 0.349 e. The molecule has 0 unspecified atom stereocenters. The predicted molar refractivity (Wildman–Crippen MR) is 78.6 cm³/mol. The van der Waals surface area contributed by atoms with Gasteiger partial charge in [0.2, 0.25) is 0 Å². The zero-order chi connectivity index (χ0) is 14.4. The van der Waals surface area contributed by atoms with Crippen molar-refractivity contribution in [3.8, 4) is 5.75 Å². The van der Waals surface area contributed by atoms with E-state index in [1.165, 1.54) is 30.2 Å². The van der Waals surface area contributed by atoms with Gasteiger partial charge in [0.15, 0.2) is 5.13 Å². The van der Waals surface area contributed by atoms with Gasteiger partial charge in [-0.2, -0.15) is 0 Å². The molecule has 1 aromatic carbocycles. The minimum absolute atomic E-state index is 0.356. The van der Waals surface area contributed by atoms with Crippen LogP contribution in [0.1, 0.15) is 15.2 Å². The molecule has 0 aliphatic heterocycles. The van der Waals surface area contributed by atoms with E-state index < -0.39 is 0 Å². The molecule has 0 saturated heterocycles. The second kappa shape index (κ2) is 6.91. The smallest absolute Gasteiger partial charge is 0.349 e. The number of benzene rings is 1. The zero-order valence-corrected chi connectivity index (χ0v) is 12.2. The molecule has 0 spiro atoms. The minimum atomic E-state index is -0.356. The average Bonchev–Trinajstić information content (AvgIpc) is 2.96. The SMILES string of the molecule is COC(=O)c1cnc(NCCc2ccc(OC)cc2)s1. The minimum Gasteiger partial charge on any atom is -0.497 e. The molecular weight excluding hydrogens is 276 g/mol. The van der Waals surface area contributed by atoms with E-state index in [0.29, 0.717) is 4.88 Å². The number of anilines is 1. The van der Waals surface area contributed by atoms with Gasteiger partial charge in [0.25, 0.3) is 0 Å². The second-order valence-corrected chi connectivity index (χ2v) is 5.08. The van der Waals surface area contributed by atoms with Crippen LogP contribution in [0.15, 0.2) is 30.5 Å². The van der Waals surface area contributed by atoms with Crippen LogP contribution in [0.3, 0.4) is 0 Å². The number of hydrogen-bond donors (Lipinski definition) is 1. The van der Waals surface area contributed by atoms with Gasteiger partial charge in [0, 0.05) is 6.54 Å². The van der Waals surface area contributed by atoms with E-state index in [2.05, 4.69) is 15.0 Å². The van der Waals surface area contributed by atoms with Gasteiger partial charge in [0.05, 0.1) is 20.4 Å². The van der Waals surface area contributed by atoms with Gasteiger partial charge in [-0.05, 0) is 24.1 Å². The first-order chi connectivity index (χ1) is 9.72. The molecular formula is C14H16N2O3S. The molecule has 0 radical (unpaired) electrons. The number of nitrogens with zero attached hydrogens (tertiary/aromatic N) is 1. The van der Waals surface area contributed by atoms with Crippen molar-refractivity contribution in [1.82, 2.24) is 4.98 Å². The van der Waals surface area contributed by atoms with Crippen molar-refractivity contribution in [3.05, 3.63) is 40.9 Å². The highest BCUT2D eigenvalue weighted by Crippen LogP contribution is 2.19. The second-order valence-electron chi connectivity index (χ2n) is 4.05. The lowest BCUT2D eigenvalue weighted by Crippen LogP contribution is -2.04. The normalized spacial score (nSPS) is 10.1. The van der Waals surface area contributed by atoms with Crippen LogP contribution >= 0.6 is 11.3 Å². The zero-order valence-electron chi connectivity index (χ0n) is 11.4. The summed E-state index contributed by atoms with van der Waals surface area (Å²) in [7, 11) is 3.01. The summed E-state index contributed by atoms with van der Waals surface area (Å²) in [5.74, 6) is 0.495. The Morgan fingerprint density at radius 1 is 1.30 bits per heavy atom. The first-order valence-corrected chi connectivity index (χ1v) is 6.95. The number of esters is 1. The molecule has 2 rings (SSSR count). The molecule has 0 fully saturated rings. The molecule has 1 heterocycles. The fourth-order valence-electron chi connectivity index (χ4n) is 1.66. The van der Waals surface area contributed by atoms with E-state index in [1.54, 1.807) is 7.11 Å². The highest BCUT2D eigenvalue weighted by Gasteiger charge is 2.09. The number of methoxy groups -OCH3 is 2. The first-order valence-electron chi connectivity index (χ1n) is 6.14. The van der Waals surface area contributed by atoms with Gasteiger partial charge < -0.3 is 14.8 Å². The number of nitrogens with one attached hydrogen (secondary N) is 1. The number of hydrogen-bond acceptors (Lipinski definition) is 6. The van der Waals surface area contributed by atoms with Crippen molar-refractivity contribution < 1.29 is 14.3 Å². The Labute approximate surface area is 121 Å². The van der Waals surface area contributed by atoms with Crippen molar-refractivity contribution in [2.24, 2.45) is 0 Å². The molecule has 6 heteroatoms. The molecule has 0 saturated carbocycles. The van der Waals surface area contributed by atoms with Gasteiger partial charge in [-0.3, -0.25) is 0 Å². The molecule has 2 aromatic rings. The van der Waals surface area contributed by atoms with Crippen LogP contribution in [0.4, 0.5) is 5.13 Å². The van der Waals surface area contributed by atoms with Gasteiger partial charge in [-0.25, -0.2) is 9.78 Å². The standard InChI is InChI=1S/C14H16N2O3S/c1-18-11-5-3-10(4-6-11)7-8-15-14-16-9-12(20-14)13(17)19-2/h3-6,9H,7-8H2,1-2H3,(H,15,16). The molecule has 0 aliphatic rings. The Balaban J connectivity index is 1.83. The van der Waals surface area contributed by atoms with Crippen molar-refractivity contribution in [2.75, 3.05) is 26.1 Å². The number of rotatable bonds is 6. The Kier molecular flexibility index (Phi) is 4.95. The quantitative estimate of drug-likeness (QED) is 0.829. The largest absolute Gasteiger partial charge is 0.497 e. The lowest BCUT2D eigenvalue weighted by atomic mass is 10.1. The van der Waals surface area contributed by atoms with Gasteiger partial charge in [0.1, 0.15) is 10.6 Å². The van der Waals surface area contributed by atoms with Crippen LogP contribution in [-0.2, 0) is 11.2 Å².